The molecule has 0 bridgehead atoms. The first kappa shape index (κ1) is 17.0. The van der Waals surface area contributed by atoms with E-state index in [0.717, 1.165) is 0 Å². The number of carbonyl (C=O) groups is 2. The fourth-order valence-electron chi connectivity index (χ4n) is 1.73. The molecule has 7 heteroatoms. The molecule has 0 unspecified atom stereocenters. The zero-order valence-corrected chi connectivity index (χ0v) is 14.2. The lowest BCUT2D eigenvalue weighted by atomic mass is 9.91. The third kappa shape index (κ3) is 4.07. The number of rotatable bonds is 3. The minimum absolute atomic E-state index is 0.0591. The highest BCUT2D eigenvalue weighted by molar-refractivity contribution is 7.07. The van der Waals surface area contributed by atoms with Crippen LogP contribution in [0.15, 0.2) is 17.1 Å². The number of aromatic nitrogens is 2. The molecule has 0 amide bonds. The van der Waals surface area contributed by atoms with Gasteiger partial charge in [0.25, 0.3) is 5.56 Å². The van der Waals surface area contributed by atoms with E-state index in [-0.39, 0.29) is 11.3 Å². The summed E-state index contributed by atoms with van der Waals surface area (Å²) in [6, 6.07) is 1.59. The number of hydrogen-bond acceptors (Lipinski definition) is 5. The molecule has 0 fully saturated rings. The Morgan fingerprint density at radius 2 is 2.00 bits per heavy atom. The van der Waals surface area contributed by atoms with Crippen LogP contribution < -0.4 is 14.8 Å². The molecule has 2 aromatic rings. The standard InChI is InChI=1S/C16H18N2O4S/c1-16(2,3)12(19)7-13-18-14(20)11(23-13)6-9-5-10(17-8-9)15(21)22-4/h5-8,17H,1-4H3,(H,18,20)/b11-6+,13-7+. The van der Waals surface area contributed by atoms with Crippen molar-refractivity contribution in [2.75, 3.05) is 7.11 Å². The van der Waals surface area contributed by atoms with Crippen LogP contribution in [-0.2, 0) is 9.53 Å². The maximum absolute atomic E-state index is 12.0. The van der Waals surface area contributed by atoms with Crippen molar-refractivity contribution in [2.45, 2.75) is 20.8 Å². The van der Waals surface area contributed by atoms with Crippen LogP contribution in [0.25, 0.3) is 12.2 Å². The van der Waals surface area contributed by atoms with Gasteiger partial charge in [0.05, 0.1) is 16.3 Å². The van der Waals surface area contributed by atoms with Gasteiger partial charge in [0.1, 0.15) is 5.69 Å². The summed E-state index contributed by atoms with van der Waals surface area (Å²) in [5.41, 5.74) is 0.206. The first-order valence-electron chi connectivity index (χ1n) is 6.94. The van der Waals surface area contributed by atoms with Gasteiger partial charge < -0.3 is 14.7 Å². The minimum atomic E-state index is -0.499. The normalized spacial score (nSPS) is 13.4. The van der Waals surface area contributed by atoms with Gasteiger partial charge in [-0.2, -0.15) is 0 Å². The van der Waals surface area contributed by atoms with Crippen molar-refractivity contribution in [3.8, 4) is 0 Å². The minimum Gasteiger partial charge on any atom is -0.464 e. The Morgan fingerprint density at radius 1 is 1.30 bits per heavy atom. The van der Waals surface area contributed by atoms with Crippen LogP contribution in [0.4, 0.5) is 0 Å². The zero-order valence-electron chi connectivity index (χ0n) is 13.4. The zero-order chi connectivity index (χ0) is 17.2. The van der Waals surface area contributed by atoms with Crippen molar-refractivity contribution in [1.29, 1.82) is 0 Å². The SMILES string of the molecule is COC(=O)c1cc(/C=c2/s/c(=C/C(=O)C(C)(C)C)[nH]c2=O)c[nH]1. The van der Waals surface area contributed by atoms with E-state index in [1.165, 1.54) is 24.5 Å². The van der Waals surface area contributed by atoms with E-state index >= 15 is 0 Å². The van der Waals surface area contributed by atoms with Gasteiger partial charge in [0.15, 0.2) is 5.78 Å². The van der Waals surface area contributed by atoms with E-state index in [1.54, 1.807) is 18.3 Å². The first-order valence-corrected chi connectivity index (χ1v) is 7.76. The second-order valence-corrected chi connectivity index (χ2v) is 7.11. The van der Waals surface area contributed by atoms with Crippen LogP contribution in [0, 0.1) is 5.41 Å². The largest absolute Gasteiger partial charge is 0.464 e. The van der Waals surface area contributed by atoms with Gasteiger partial charge in [-0.15, -0.1) is 11.3 Å². The molecule has 0 spiro atoms. The summed E-state index contributed by atoms with van der Waals surface area (Å²) in [6.45, 7) is 5.45. The fraction of sp³-hybridized carbons (Fsp3) is 0.312. The number of thiazole rings is 1. The first-order chi connectivity index (χ1) is 10.7. The van der Waals surface area contributed by atoms with E-state index < -0.39 is 11.4 Å². The molecular formula is C16H18N2O4S. The highest BCUT2D eigenvalue weighted by Crippen LogP contribution is 2.14. The molecule has 2 aromatic heterocycles. The summed E-state index contributed by atoms with van der Waals surface area (Å²) in [5, 5.41) is 0. The molecule has 0 saturated carbocycles. The van der Waals surface area contributed by atoms with Gasteiger partial charge in [-0.1, -0.05) is 20.8 Å². The smallest absolute Gasteiger partial charge is 0.354 e. The lowest BCUT2D eigenvalue weighted by molar-refractivity contribution is -0.119. The predicted octanol–water partition coefficient (Wildman–Crippen LogP) is 0.776. The van der Waals surface area contributed by atoms with E-state index in [4.69, 9.17) is 0 Å². The van der Waals surface area contributed by atoms with E-state index in [9.17, 15) is 14.4 Å². The molecule has 0 aliphatic heterocycles. The van der Waals surface area contributed by atoms with Crippen molar-refractivity contribution in [1.82, 2.24) is 9.97 Å². The lowest BCUT2D eigenvalue weighted by Crippen LogP contribution is -2.22. The molecule has 0 aliphatic rings. The number of esters is 1. The average Bonchev–Trinajstić information content (AvgIpc) is 3.05. The Labute approximate surface area is 136 Å². The molecular weight excluding hydrogens is 316 g/mol. The number of ketones is 1. The summed E-state index contributed by atoms with van der Waals surface area (Å²) < 4.78 is 5.57. The van der Waals surface area contributed by atoms with Crippen molar-refractivity contribution in [3.05, 3.63) is 43.1 Å². The second-order valence-electron chi connectivity index (χ2n) is 6.03. The Hall–Kier alpha value is -2.41. The van der Waals surface area contributed by atoms with E-state index in [2.05, 4.69) is 14.7 Å². The van der Waals surface area contributed by atoms with Gasteiger partial charge in [0.2, 0.25) is 0 Å². The molecule has 0 radical (unpaired) electrons. The number of H-pyrrole nitrogens is 2. The molecule has 0 saturated heterocycles. The predicted molar refractivity (Wildman–Crippen MR) is 88.8 cm³/mol. The fourth-order valence-corrected chi connectivity index (χ4v) is 2.62. The van der Waals surface area contributed by atoms with E-state index in [1.807, 2.05) is 20.8 Å². The van der Waals surface area contributed by atoms with Gasteiger partial charge in [-0.3, -0.25) is 9.59 Å². The Kier molecular flexibility index (Phi) is 4.70. The third-order valence-corrected chi connectivity index (χ3v) is 4.05. The van der Waals surface area contributed by atoms with Crippen LogP contribution in [0.5, 0.6) is 0 Å². The van der Waals surface area contributed by atoms with Gasteiger partial charge >= 0.3 is 5.97 Å². The van der Waals surface area contributed by atoms with Crippen molar-refractivity contribution in [3.63, 3.8) is 0 Å². The number of carbonyl (C=O) groups excluding carboxylic acids is 2. The van der Waals surface area contributed by atoms with Crippen LogP contribution >= 0.6 is 11.3 Å². The Bertz CT molecular complexity index is 909. The highest BCUT2D eigenvalue weighted by Gasteiger charge is 2.18. The lowest BCUT2D eigenvalue weighted by Gasteiger charge is -2.12. The average molecular weight is 334 g/mol. The maximum Gasteiger partial charge on any atom is 0.354 e. The van der Waals surface area contributed by atoms with Crippen molar-refractivity contribution in [2.24, 2.45) is 5.41 Å². The second kappa shape index (κ2) is 6.37. The number of hydrogen-bond donors (Lipinski definition) is 2. The molecule has 2 rings (SSSR count). The molecule has 0 atom stereocenters. The molecule has 23 heavy (non-hydrogen) atoms. The van der Waals surface area contributed by atoms with Gasteiger partial charge in [-0.25, -0.2) is 4.79 Å². The summed E-state index contributed by atoms with van der Waals surface area (Å²) in [5.74, 6) is -0.536. The summed E-state index contributed by atoms with van der Waals surface area (Å²) in [6.07, 6.45) is 4.70. The van der Waals surface area contributed by atoms with Crippen LogP contribution in [0.3, 0.4) is 0 Å². The molecule has 0 aromatic carbocycles. The molecule has 122 valence electrons. The highest BCUT2D eigenvalue weighted by atomic mass is 32.1. The number of aromatic amines is 2. The third-order valence-electron chi connectivity index (χ3n) is 3.09. The van der Waals surface area contributed by atoms with Crippen molar-refractivity contribution < 1.29 is 14.3 Å². The number of nitrogens with one attached hydrogen (secondary N) is 2. The van der Waals surface area contributed by atoms with E-state index in [0.29, 0.717) is 20.5 Å². The van der Waals surface area contributed by atoms with Crippen LogP contribution in [0.1, 0.15) is 36.8 Å². The summed E-state index contributed by atoms with van der Waals surface area (Å²) in [4.78, 5) is 40.8. The Morgan fingerprint density at radius 3 is 2.61 bits per heavy atom. The Balaban J connectivity index is 2.40. The number of methoxy groups -OCH3 is 1. The van der Waals surface area contributed by atoms with Crippen LogP contribution in [0.2, 0.25) is 0 Å². The van der Waals surface area contributed by atoms with Gasteiger partial charge in [-0.05, 0) is 17.7 Å². The molecule has 2 N–H and O–H groups in total. The number of ether oxygens (including phenoxy) is 1. The van der Waals surface area contributed by atoms with Gasteiger partial charge in [0, 0.05) is 17.7 Å². The summed E-state index contributed by atoms with van der Waals surface area (Å²) in [7, 11) is 1.30. The molecule has 2 heterocycles. The topological polar surface area (TPSA) is 92.0 Å². The van der Waals surface area contributed by atoms with Crippen molar-refractivity contribution >= 4 is 35.2 Å². The molecule has 0 aliphatic carbocycles. The van der Waals surface area contributed by atoms with Crippen LogP contribution in [-0.4, -0.2) is 28.8 Å². The maximum atomic E-state index is 12.0. The number of Topliss-reactive ketones (excluding diaryl/α,β-unsaturated/α-hetero) is 1. The quantitative estimate of drug-likeness (QED) is 0.811. The monoisotopic (exact) mass is 334 g/mol. The summed E-state index contributed by atoms with van der Waals surface area (Å²) >= 11 is 1.19. The molecule has 6 nitrogen and oxygen atoms in total.